The molecule has 0 bridgehead atoms. The first-order chi connectivity index (χ1) is 7.84. The molecular weight excluding hydrogens is 245 g/mol. The van der Waals surface area contributed by atoms with Gasteiger partial charge in [0.25, 0.3) is 0 Å². The molecule has 0 aliphatic heterocycles. The second-order valence-electron chi connectivity index (χ2n) is 2.99. The molecule has 0 radical (unpaired) electrons. The van der Waals surface area contributed by atoms with E-state index in [2.05, 4.69) is 15.5 Å². The molecule has 16 heavy (non-hydrogen) atoms. The van der Waals surface area contributed by atoms with Gasteiger partial charge in [0.15, 0.2) is 4.34 Å². The van der Waals surface area contributed by atoms with E-state index in [0.717, 1.165) is 22.3 Å². The van der Waals surface area contributed by atoms with Crippen LogP contribution in [0.4, 0.5) is 10.1 Å². The van der Waals surface area contributed by atoms with E-state index in [-0.39, 0.29) is 5.82 Å². The number of nitrogens with one attached hydrogen (secondary N) is 1. The first-order valence-electron chi connectivity index (χ1n) is 4.73. The Morgan fingerprint density at radius 1 is 1.31 bits per heavy atom. The summed E-state index contributed by atoms with van der Waals surface area (Å²) >= 11 is 3.19. The summed E-state index contributed by atoms with van der Waals surface area (Å²) in [6.45, 7) is 0.815. The molecule has 84 valence electrons. The minimum Gasteiger partial charge on any atom is -0.384 e. The summed E-state index contributed by atoms with van der Waals surface area (Å²) in [4.78, 5) is 0. The molecule has 1 aromatic carbocycles. The van der Waals surface area contributed by atoms with Gasteiger partial charge < -0.3 is 5.32 Å². The van der Waals surface area contributed by atoms with E-state index in [1.165, 1.54) is 23.5 Å². The third-order valence-corrected chi connectivity index (χ3v) is 3.70. The van der Waals surface area contributed by atoms with Gasteiger partial charge in [0, 0.05) is 18.0 Å². The van der Waals surface area contributed by atoms with Gasteiger partial charge in [-0.25, -0.2) is 4.39 Å². The molecule has 1 N–H and O–H groups in total. The fourth-order valence-corrected chi connectivity index (χ4v) is 2.54. The Hall–Kier alpha value is -1.14. The third-order valence-electron chi connectivity index (χ3n) is 1.84. The van der Waals surface area contributed by atoms with Crippen LogP contribution in [0.15, 0.2) is 34.1 Å². The lowest BCUT2D eigenvalue weighted by Crippen LogP contribution is -2.03. The highest BCUT2D eigenvalue weighted by atomic mass is 32.2. The fraction of sp³-hybridized carbons (Fsp3) is 0.200. The maximum Gasteiger partial charge on any atom is 0.174 e. The second-order valence-corrected chi connectivity index (χ2v) is 5.16. The minimum absolute atomic E-state index is 0.214. The fourth-order valence-electron chi connectivity index (χ4n) is 1.13. The topological polar surface area (TPSA) is 37.8 Å². The minimum atomic E-state index is -0.214. The molecular formula is C10H10FN3S2. The summed E-state index contributed by atoms with van der Waals surface area (Å²) in [5.74, 6) is 0.695. The smallest absolute Gasteiger partial charge is 0.174 e. The number of aromatic nitrogens is 2. The largest absolute Gasteiger partial charge is 0.384 e. The van der Waals surface area contributed by atoms with Gasteiger partial charge in [-0.3, -0.25) is 0 Å². The van der Waals surface area contributed by atoms with Crippen LogP contribution in [-0.4, -0.2) is 22.5 Å². The number of nitrogens with zero attached hydrogens (tertiary/aromatic N) is 2. The first kappa shape index (κ1) is 11.3. The van der Waals surface area contributed by atoms with Crippen LogP contribution < -0.4 is 5.32 Å². The molecule has 0 saturated carbocycles. The van der Waals surface area contributed by atoms with E-state index in [1.807, 2.05) is 0 Å². The van der Waals surface area contributed by atoms with Gasteiger partial charge in [-0.1, -0.05) is 23.1 Å². The standard InChI is InChI=1S/C10H10FN3S2/c11-8-1-3-9(4-2-8)12-5-6-15-10-14-13-7-16-10/h1-4,7,12H,5-6H2. The van der Waals surface area contributed by atoms with Crippen LogP contribution in [0.1, 0.15) is 0 Å². The number of rotatable bonds is 5. The van der Waals surface area contributed by atoms with Crippen molar-refractivity contribution in [3.8, 4) is 0 Å². The zero-order valence-corrected chi connectivity index (χ0v) is 10.0. The molecule has 0 fully saturated rings. The summed E-state index contributed by atoms with van der Waals surface area (Å²) in [6, 6.07) is 6.34. The highest BCUT2D eigenvalue weighted by Gasteiger charge is 1.97. The van der Waals surface area contributed by atoms with Crippen molar-refractivity contribution in [2.75, 3.05) is 17.6 Å². The predicted molar refractivity (Wildman–Crippen MR) is 65.5 cm³/mol. The van der Waals surface area contributed by atoms with Crippen molar-refractivity contribution in [3.63, 3.8) is 0 Å². The number of halogens is 1. The maximum atomic E-state index is 12.6. The molecule has 0 aliphatic rings. The van der Waals surface area contributed by atoms with Crippen molar-refractivity contribution in [3.05, 3.63) is 35.6 Å². The molecule has 3 nitrogen and oxygen atoms in total. The SMILES string of the molecule is Fc1ccc(NCCSc2nncs2)cc1. The molecule has 0 unspecified atom stereocenters. The zero-order chi connectivity index (χ0) is 11.2. The monoisotopic (exact) mass is 255 g/mol. The molecule has 1 heterocycles. The Kier molecular flexibility index (Phi) is 4.12. The van der Waals surface area contributed by atoms with Crippen molar-refractivity contribution < 1.29 is 4.39 Å². The molecule has 0 saturated heterocycles. The zero-order valence-electron chi connectivity index (χ0n) is 8.39. The molecule has 0 amide bonds. The Bertz CT molecular complexity index is 416. The summed E-state index contributed by atoms with van der Waals surface area (Å²) in [5.41, 5.74) is 2.65. The number of hydrogen-bond donors (Lipinski definition) is 1. The maximum absolute atomic E-state index is 12.6. The van der Waals surface area contributed by atoms with Gasteiger partial charge in [0.2, 0.25) is 0 Å². The third kappa shape index (κ3) is 3.46. The van der Waals surface area contributed by atoms with Crippen LogP contribution in [0.5, 0.6) is 0 Å². The lowest BCUT2D eigenvalue weighted by molar-refractivity contribution is 0.628. The Labute approximate surface area is 101 Å². The number of hydrogen-bond acceptors (Lipinski definition) is 5. The summed E-state index contributed by atoms with van der Waals surface area (Å²) < 4.78 is 13.6. The molecule has 0 aliphatic carbocycles. The van der Waals surface area contributed by atoms with E-state index in [1.54, 1.807) is 29.4 Å². The molecule has 0 atom stereocenters. The van der Waals surface area contributed by atoms with Gasteiger partial charge in [-0.2, -0.15) is 0 Å². The second kappa shape index (κ2) is 5.81. The van der Waals surface area contributed by atoms with Gasteiger partial charge in [-0.15, -0.1) is 10.2 Å². The summed E-state index contributed by atoms with van der Waals surface area (Å²) in [6.07, 6.45) is 0. The highest BCUT2D eigenvalue weighted by Crippen LogP contribution is 2.18. The van der Waals surface area contributed by atoms with Crippen LogP contribution >= 0.6 is 23.1 Å². The van der Waals surface area contributed by atoms with Gasteiger partial charge in [0.1, 0.15) is 11.3 Å². The molecule has 0 spiro atoms. The quantitative estimate of drug-likeness (QED) is 0.658. The first-order valence-corrected chi connectivity index (χ1v) is 6.59. The van der Waals surface area contributed by atoms with Crippen LogP contribution in [0.25, 0.3) is 0 Å². The van der Waals surface area contributed by atoms with Crippen molar-refractivity contribution in [2.24, 2.45) is 0 Å². The van der Waals surface area contributed by atoms with Crippen molar-refractivity contribution >= 4 is 28.8 Å². The van der Waals surface area contributed by atoms with Crippen molar-refractivity contribution in [1.82, 2.24) is 10.2 Å². The van der Waals surface area contributed by atoms with Gasteiger partial charge in [-0.05, 0) is 24.3 Å². The average molecular weight is 255 g/mol. The van der Waals surface area contributed by atoms with E-state index in [0.29, 0.717) is 0 Å². The van der Waals surface area contributed by atoms with Crippen LogP contribution in [-0.2, 0) is 0 Å². The van der Waals surface area contributed by atoms with E-state index in [9.17, 15) is 4.39 Å². The number of anilines is 1. The van der Waals surface area contributed by atoms with Crippen molar-refractivity contribution in [1.29, 1.82) is 0 Å². The normalized spacial score (nSPS) is 10.3. The molecule has 1 aromatic heterocycles. The lowest BCUT2D eigenvalue weighted by Gasteiger charge is -2.04. The van der Waals surface area contributed by atoms with Gasteiger partial charge >= 0.3 is 0 Å². The van der Waals surface area contributed by atoms with Crippen LogP contribution in [0.2, 0.25) is 0 Å². The van der Waals surface area contributed by atoms with Crippen LogP contribution in [0.3, 0.4) is 0 Å². The Morgan fingerprint density at radius 2 is 2.12 bits per heavy atom. The van der Waals surface area contributed by atoms with E-state index >= 15 is 0 Å². The Balaban J connectivity index is 1.70. The number of thioether (sulfide) groups is 1. The summed E-state index contributed by atoms with van der Waals surface area (Å²) in [5, 5.41) is 10.9. The van der Waals surface area contributed by atoms with E-state index < -0.39 is 0 Å². The predicted octanol–water partition coefficient (Wildman–Crippen LogP) is 2.88. The van der Waals surface area contributed by atoms with Crippen LogP contribution in [0, 0.1) is 5.82 Å². The van der Waals surface area contributed by atoms with E-state index in [4.69, 9.17) is 0 Å². The number of benzene rings is 1. The molecule has 2 rings (SSSR count). The van der Waals surface area contributed by atoms with Crippen molar-refractivity contribution in [2.45, 2.75) is 4.34 Å². The summed E-state index contributed by atoms with van der Waals surface area (Å²) in [7, 11) is 0. The average Bonchev–Trinajstić information content (AvgIpc) is 2.80. The highest BCUT2D eigenvalue weighted by molar-refractivity contribution is 8.01. The molecule has 2 aromatic rings. The lowest BCUT2D eigenvalue weighted by atomic mass is 10.3. The van der Waals surface area contributed by atoms with Gasteiger partial charge in [0.05, 0.1) is 0 Å². The Morgan fingerprint density at radius 3 is 2.81 bits per heavy atom. The molecule has 6 heteroatoms.